The van der Waals surface area contributed by atoms with Gasteiger partial charge in [0.2, 0.25) is 0 Å². The van der Waals surface area contributed by atoms with Gasteiger partial charge in [0, 0.05) is 5.75 Å². The Labute approximate surface area is 48.7 Å². The van der Waals surface area contributed by atoms with E-state index >= 15 is 0 Å². The third-order valence-corrected chi connectivity index (χ3v) is 1.41. The van der Waals surface area contributed by atoms with Crippen molar-refractivity contribution in [3.8, 4) is 0 Å². The first kappa shape index (κ1) is 6.95. The molecule has 0 atom stereocenters. The molecule has 0 spiro atoms. The average Bonchev–Trinajstić information content (AvgIpc) is 1.68. The van der Waals surface area contributed by atoms with Gasteiger partial charge in [-0.05, 0) is 13.8 Å². The number of nitrogens with zero attached hydrogens (tertiary/aromatic N) is 1. The van der Waals surface area contributed by atoms with E-state index < -0.39 is 5.54 Å². The summed E-state index contributed by atoms with van der Waals surface area (Å²) in [4.78, 5) is 9.76. The van der Waals surface area contributed by atoms with Crippen LogP contribution in [-0.2, 0) is 0 Å². The van der Waals surface area contributed by atoms with Crippen LogP contribution in [-0.4, -0.2) is 11.3 Å². The van der Waals surface area contributed by atoms with E-state index in [9.17, 15) is 4.91 Å². The van der Waals surface area contributed by atoms with Gasteiger partial charge in [0.25, 0.3) is 0 Å². The van der Waals surface area contributed by atoms with Gasteiger partial charge in [-0.25, -0.2) is 0 Å². The van der Waals surface area contributed by atoms with Gasteiger partial charge in [-0.15, -0.1) is 0 Å². The summed E-state index contributed by atoms with van der Waals surface area (Å²) >= 11 is 3.89. The Morgan fingerprint density at radius 1 is 1.71 bits per heavy atom. The van der Waals surface area contributed by atoms with Gasteiger partial charge in [-0.1, -0.05) is 5.18 Å². The molecule has 0 saturated heterocycles. The standard InChI is InChI=1S/C4H9NOS/c1-4(2,3-7)5-6/h7H,3H2,1-2H3. The Hall–Kier alpha value is -0.0500. The lowest BCUT2D eigenvalue weighted by molar-refractivity contribution is 0.590. The zero-order valence-corrected chi connectivity index (χ0v) is 5.40. The Morgan fingerprint density at radius 3 is 2.14 bits per heavy atom. The van der Waals surface area contributed by atoms with Crippen LogP contribution in [0.25, 0.3) is 0 Å². The van der Waals surface area contributed by atoms with E-state index in [1.165, 1.54) is 0 Å². The van der Waals surface area contributed by atoms with Crippen LogP contribution in [0.2, 0.25) is 0 Å². The molecule has 0 aliphatic carbocycles. The highest BCUT2D eigenvalue weighted by molar-refractivity contribution is 7.80. The van der Waals surface area contributed by atoms with Gasteiger partial charge in [0.1, 0.15) is 5.54 Å². The fourth-order valence-corrected chi connectivity index (χ4v) is 0.0866. The molecule has 0 amide bonds. The van der Waals surface area contributed by atoms with Crippen LogP contribution in [0.3, 0.4) is 0 Å². The molecule has 3 heteroatoms. The molecule has 0 aromatic carbocycles. The Kier molecular flexibility index (Phi) is 2.29. The highest BCUT2D eigenvalue weighted by Gasteiger charge is 2.13. The number of hydrogen-bond acceptors (Lipinski definition) is 3. The van der Waals surface area contributed by atoms with Crippen LogP contribution in [0.4, 0.5) is 0 Å². The molecule has 0 saturated carbocycles. The summed E-state index contributed by atoms with van der Waals surface area (Å²) in [5.74, 6) is 0.510. The smallest absolute Gasteiger partial charge is 0.106 e. The lowest BCUT2D eigenvalue weighted by atomic mass is 10.1. The maximum atomic E-state index is 9.76. The van der Waals surface area contributed by atoms with E-state index in [0.29, 0.717) is 5.75 Å². The first-order valence-electron chi connectivity index (χ1n) is 2.08. The van der Waals surface area contributed by atoms with Crippen LogP contribution in [0, 0.1) is 4.91 Å². The van der Waals surface area contributed by atoms with Crippen molar-refractivity contribution in [2.24, 2.45) is 5.18 Å². The van der Waals surface area contributed by atoms with Crippen LogP contribution in [0.5, 0.6) is 0 Å². The lowest BCUT2D eigenvalue weighted by Crippen LogP contribution is -2.16. The molecule has 0 aliphatic rings. The highest BCUT2D eigenvalue weighted by Crippen LogP contribution is 2.08. The predicted octanol–water partition coefficient (Wildman–Crippen LogP) is 1.46. The lowest BCUT2D eigenvalue weighted by Gasteiger charge is -2.08. The quantitative estimate of drug-likeness (QED) is 0.433. The molecule has 2 nitrogen and oxygen atoms in total. The van der Waals surface area contributed by atoms with E-state index in [1.807, 2.05) is 0 Å². The monoisotopic (exact) mass is 119 g/mol. The third kappa shape index (κ3) is 2.62. The molecule has 0 N–H and O–H groups in total. The Bertz CT molecular complexity index is 72.1. The molecular formula is C4H9NOS. The SMILES string of the molecule is CC(C)(CS)N=O. The number of hydrogen-bond donors (Lipinski definition) is 1. The van der Waals surface area contributed by atoms with E-state index in [-0.39, 0.29) is 0 Å². The molecule has 0 aromatic heterocycles. The second kappa shape index (κ2) is 2.31. The van der Waals surface area contributed by atoms with Crippen molar-refractivity contribution in [2.75, 3.05) is 5.75 Å². The molecule has 0 fully saturated rings. The van der Waals surface area contributed by atoms with Crippen LogP contribution in [0.1, 0.15) is 13.8 Å². The van der Waals surface area contributed by atoms with Crippen molar-refractivity contribution in [3.05, 3.63) is 4.91 Å². The molecule has 0 rings (SSSR count). The largest absolute Gasteiger partial charge is 0.177 e. The van der Waals surface area contributed by atoms with Gasteiger partial charge in [0.05, 0.1) is 0 Å². The van der Waals surface area contributed by atoms with Gasteiger partial charge in [-0.3, -0.25) is 0 Å². The normalized spacial score (nSPS) is 11.3. The maximum Gasteiger partial charge on any atom is 0.106 e. The molecule has 0 heterocycles. The summed E-state index contributed by atoms with van der Waals surface area (Å²) in [6, 6.07) is 0. The topological polar surface area (TPSA) is 29.4 Å². The molecular weight excluding hydrogens is 110 g/mol. The third-order valence-electron chi connectivity index (χ3n) is 0.634. The van der Waals surface area contributed by atoms with Crippen LogP contribution in [0.15, 0.2) is 5.18 Å². The molecule has 0 radical (unpaired) electrons. The van der Waals surface area contributed by atoms with Gasteiger partial charge in [-0.2, -0.15) is 17.5 Å². The van der Waals surface area contributed by atoms with Gasteiger partial charge in [0.15, 0.2) is 0 Å². The minimum atomic E-state index is -0.483. The van der Waals surface area contributed by atoms with Crippen molar-refractivity contribution in [3.63, 3.8) is 0 Å². The van der Waals surface area contributed by atoms with E-state index in [0.717, 1.165) is 0 Å². The fraction of sp³-hybridized carbons (Fsp3) is 1.00. The molecule has 7 heavy (non-hydrogen) atoms. The Morgan fingerprint density at radius 2 is 2.14 bits per heavy atom. The highest BCUT2D eigenvalue weighted by atomic mass is 32.1. The molecule has 0 aliphatic heterocycles. The molecule has 0 aromatic rings. The van der Waals surface area contributed by atoms with E-state index in [4.69, 9.17) is 0 Å². The number of thiol groups is 1. The van der Waals surface area contributed by atoms with Crippen LogP contribution < -0.4 is 0 Å². The van der Waals surface area contributed by atoms with Crippen molar-refractivity contribution >= 4 is 12.6 Å². The zero-order chi connectivity index (χ0) is 5.91. The molecule has 0 bridgehead atoms. The van der Waals surface area contributed by atoms with Crippen molar-refractivity contribution in [2.45, 2.75) is 19.4 Å². The maximum absolute atomic E-state index is 9.76. The summed E-state index contributed by atoms with van der Waals surface area (Å²) in [6.07, 6.45) is 0. The van der Waals surface area contributed by atoms with Crippen molar-refractivity contribution in [1.29, 1.82) is 0 Å². The van der Waals surface area contributed by atoms with E-state index in [1.54, 1.807) is 13.8 Å². The molecule has 42 valence electrons. The second-order valence-electron chi connectivity index (χ2n) is 2.06. The summed E-state index contributed by atoms with van der Waals surface area (Å²) in [7, 11) is 0. The molecule has 0 unspecified atom stereocenters. The number of nitroso groups, excluding NO2 is 1. The summed E-state index contributed by atoms with van der Waals surface area (Å²) < 4.78 is 0. The fourth-order valence-electron chi connectivity index (χ4n) is 0.0289. The van der Waals surface area contributed by atoms with Crippen molar-refractivity contribution in [1.82, 2.24) is 0 Å². The first-order valence-corrected chi connectivity index (χ1v) is 2.71. The second-order valence-corrected chi connectivity index (χ2v) is 2.38. The average molecular weight is 119 g/mol. The summed E-state index contributed by atoms with van der Waals surface area (Å²) in [6.45, 7) is 3.49. The summed E-state index contributed by atoms with van der Waals surface area (Å²) in [5, 5.41) is 2.81. The van der Waals surface area contributed by atoms with Crippen LogP contribution >= 0.6 is 12.6 Å². The zero-order valence-electron chi connectivity index (χ0n) is 4.51. The van der Waals surface area contributed by atoms with Gasteiger partial charge >= 0.3 is 0 Å². The minimum Gasteiger partial charge on any atom is -0.177 e. The Balaban J connectivity index is 3.58. The van der Waals surface area contributed by atoms with Gasteiger partial charge < -0.3 is 0 Å². The van der Waals surface area contributed by atoms with E-state index in [2.05, 4.69) is 17.8 Å². The number of rotatable bonds is 2. The predicted molar refractivity (Wildman–Crippen MR) is 33.7 cm³/mol. The summed E-state index contributed by atoms with van der Waals surface area (Å²) in [5.41, 5.74) is -0.483. The van der Waals surface area contributed by atoms with Crippen molar-refractivity contribution < 1.29 is 0 Å². The minimum absolute atomic E-state index is 0.483. The first-order chi connectivity index (χ1) is 3.12.